The van der Waals surface area contributed by atoms with Gasteiger partial charge in [0.15, 0.2) is 0 Å². The number of aryl methyl sites for hydroxylation is 1. The van der Waals surface area contributed by atoms with E-state index in [9.17, 15) is 17.6 Å². The van der Waals surface area contributed by atoms with E-state index in [4.69, 9.17) is 11.6 Å². The Labute approximate surface area is 164 Å². The number of halogens is 2. The number of carbonyl (C=O) groups excluding carboxylic acids is 1. The fourth-order valence-corrected chi connectivity index (χ4v) is 4.02. The summed E-state index contributed by atoms with van der Waals surface area (Å²) < 4.78 is 38.7. The number of rotatable bonds is 8. The van der Waals surface area contributed by atoms with Gasteiger partial charge in [-0.3, -0.25) is 9.10 Å². The fraction of sp³-hybridized carbons (Fsp3) is 0.316. The number of hydrogen-bond acceptors (Lipinski definition) is 3. The van der Waals surface area contributed by atoms with E-state index >= 15 is 0 Å². The minimum atomic E-state index is -3.76. The van der Waals surface area contributed by atoms with Crippen LogP contribution in [-0.2, 0) is 21.2 Å². The molecule has 0 saturated heterocycles. The Morgan fingerprint density at radius 3 is 2.48 bits per heavy atom. The molecule has 1 N–H and O–H groups in total. The van der Waals surface area contributed by atoms with E-state index in [1.165, 1.54) is 25.1 Å². The minimum absolute atomic E-state index is 0.112. The summed E-state index contributed by atoms with van der Waals surface area (Å²) in [4.78, 5) is 12.4. The molecular weight excluding hydrogens is 391 g/mol. The second kappa shape index (κ2) is 9.19. The van der Waals surface area contributed by atoms with Crippen molar-refractivity contribution in [3.8, 4) is 0 Å². The monoisotopic (exact) mass is 412 g/mol. The summed E-state index contributed by atoms with van der Waals surface area (Å²) in [7, 11) is -3.76. The Kier molecular flexibility index (Phi) is 7.21. The van der Waals surface area contributed by atoms with Crippen molar-refractivity contribution in [2.45, 2.75) is 25.8 Å². The number of hydrogen-bond donors (Lipinski definition) is 1. The van der Waals surface area contributed by atoms with E-state index in [1.54, 1.807) is 12.1 Å². The highest BCUT2D eigenvalue weighted by Gasteiger charge is 2.29. The molecule has 0 bridgehead atoms. The summed E-state index contributed by atoms with van der Waals surface area (Å²) in [6.07, 6.45) is 2.44. The third-order valence-electron chi connectivity index (χ3n) is 4.01. The molecule has 146 valence electrons. The summed E-state index contributed by atoms with van der Waals surface area (Å²) in [5, 5.41) is 3.40. The van der Waals surface area contributed by atoms with Crippen LogP contribution in [0.5, 0.6) is 0 Å². The van der Waals surface area contributed by atoms with Crippen LogP contribution in [0.1, 0.15) is 18.9 Å². The Hall–Kier alpha value is -2.12. The van der Waals surface area contributed by atoms with Crippen molar-refractivity contribution in [3.63, 3.8) is 0 Å². The van der Waals surface area contributed by atoms with Gasteiger partial charge < -0.3 is 5.32 Å². The maximum atomic E-state index is 13.5. The normalized spacial score (nSPS) is 12.4. The van der Waals surface area contributed by atoms with Gasteiger partial charge in [-0.05, 0) is 55.7 Å². The van der Waals surface area contributed by atoms with Crippen LogP contribution in [0.4, 0.5) is 10.1 Å². The van der Waals surface area contributed by atoms with E-state index in [0.717, 1.165) is 28.6 Å². The molecule has 5 nitrogen and oxygen atoms in total. The van der Waals surface area contributed by atoms with Crippen LogP contribution < -0.4 is 9.62 Å². The molecule has 0 fully saturated rings. The highest BCUT2D eigenvalue weighted by atomic mass is 35.5. The Morgan fingerprint density at radius 1 is 1.22 bits per heavy atom. The van der Waals surface area contributed by atoms with Gasteiger partial charge in [0, 0.05) is 11.6 Å². The molecule has 8 heteroatoms. The first kappa shape index (κ1) is 21.2. The van der Waals surface area contributed by atoms with Crippen LogP contribution >= 0.6 is 11.6 Å². The molecule has 2 rings (SSSR count). The van der Waals surface area contributed by atoms with Crippen molar-refractivity contribution >= 4 is 33.2 Å². The zero-order chi connectivity index (χ0) is 20.0. The molecule has 2 aromatic rings. The summed E-state index contributed by atoms with van der Waals surface area (Å²) in [5.41, 5.74) is 1.21. The first-order valence-corrected chi connectivity index (χ1v) is 10.7. The molecule has 0 saturated carbocycles. The molecule has 0 aliphatic rings. The van der Waals surface area contributed by atoms with Gasteiger partial charge in [0.2, 0.25) is 15.9 Å². The molecule has 1 unspecified atom stereocenters. The van der Waals surface area contributed by atoms with Crippen LogP contribution in [0, 0.1) is 5.82 Å². The lowest BCUT2D eigenvalue weighted by molar-refractivity contribution is -0.121. The van der Waals surface area contributed by atoms with E-state index < -0.39 is 27.8 Å². The molecule has 0 radical (unpaired) electrons. The topological polar surface area (TPSA) is 66.5 Å². The van der Waals surface area contributed by atoms with Crippen molar-refractivity contribution in [2.24, 2.45) is 0 Å². The lowest BCUT2D eigenvalue weighted by Crippen LogP contribution is -2.48. The van der Waals surface area contributed by atoms with Gasteiger partial charge in [0.05, 0.1) is 11.9 Å². The van der Waals surface area contributed by atoms with Gasteiger partial charge in [-0.25, -0.2) is 12.8 Å². The number of carbonyl (C=O) groups is 1. The van der Waals surface area contributed by atoms with E-state index in [0.29, 0.717) is 18.0 Å². The van der Waals surface area contributed by atoms with Gasteiger partial charge >= 0.3 is 0 Å². The standard InChI is InChI=1S/C19H22ClFN2O3S/c1-14(23(27(2,25)26)18-7-3-6-17(21)13-18)19(24)22-12-4-5-15-8-10-16(20)11-9-15/h3,6-11,13-14H,4-5,12H2,1-2H3,(H,22,24). The smallest absolute Gasteiger partial charge is 0.243 e. The van der Waals surface area contributed by atoms with E-state index in [2.05, 4.69) is 5.32 Å². The van der Waals surface area contributed by atoms with Crippen molar-refractivity contribution in [1.82, 2.24) is 5.32 Å². The Bertz CT molecular complexity index is 888. The summed E-state index contributed by atoms with van der Waals surface area (Å²) >= 11 is 5.84. The molecule has 0 aliphatic carbocycles. The van der Waals surface area contributed by atoms with Gasteiger partial charge in [-0.2, -0.15) is 0 Å². The quantitative estimate of drug-likeness (QED) is 0.676. The average molecular weight is 413 g/mol. The molecular formula is C19H22ClFN2O3S. The molecule has 2 aromatic carbocycles. The molecule has 0 aliphatic heterocycles. The summed E-state index contributed by atoms with van der Waals surface area (Å²) in [5.74, 6) is -1.02. The average Bonchev–Trinajstić information content (AvgIpc) is 2.59. The van der Waals surface area contributed by atoms with Crippen LogP contribution in [0.15, 0.2) is 48.5 Å². The third-order valence-corrected chi connectivity index (χ3v) is 5.50. The van der Waals surface area contributed by atoms with Crippen molar-refractivity contribution < 1.29 is 17.6 Å². The van der Waals surface area contributed by atoms with Gasteiger partial charge in [-0.1, -0.05) is 29.8 Å². The largest absolute Gasteiger partial charge is 0.354 e. The highest BCUT2D eigenvalue weighted by Crippen LogP contribution is 2.21. The van der Waals surface area contributed by atoms with Crippen LogP contribution in [0.25, 0.3) is 0 Å². The maximum absolute atomic E-state index is 13.5. The minimum Gasteiger partial charge on any atom is -0.354 e. The lowest BCUT2D eigenvalue weighted by Gasteiger charge is -2.28. The van der Waals surface area contributed by atoms with Crippen LogP contribution in [-0.4, -0.2) is 33.2 Å². The number of nitrogens with one attached hydrogen (secondary N) is 1. The highest BCUT2D eigenvalue weighted by molar-refractivity contribution is 7.92. The van der Waals surface area contributed by atoms with Crippen molar-refractivity contribution in [3.05, 3.63) is 64.9 Å². The fourth-order valence-electron chi connectivity index (χ4n) is 2.72. The lowest BCUT2D eigenvalue weighted by atomic mass is 10.1. The van der Waals surface area contributed by atoms with Crippen LogP contribution in [0.3, 0.4) is 0 Å². The predicted octanol–water partition coefficient (Wildman–Crippen LogP) is 3.38. The number of sulfonamides is 1. The zero-order valence-corrected chi connectivity index (χ0v) is 16.7. The van der Waals surface area contributed by atoms with Gasteiger partial charge in [0.1, 0.15) is 11.9 Å². The van der Waals surface area contributed by atoms with Crippen molar-refractivity contribution in [1.29, 1.82) is 0 Å². The molecule has 0 heterocycles. The molecule has 0 aromatic heterocycles. The van der Waals surface area contributed by atoms with E-state index in [1.807, 2.05) is 12.1 Å². The number of benzene rings is 2. The second-order valence-corrected chi connectivity index (χ2v) is 8.53. The first-order chi connectivity index (χ1) is 12.7. The number of amides is 1. The maximum Gasteiger partial charge on any atom is 0.243 e. The molecule has 27 heavy (non-hydrogen) atoms. The first-order valence-electron chi connectivity index (χ1n) is 8.45. The van der Waals surface area contributed by atoms with Crippen molar-refractivity contribution in [2.75, 3.05) is 17.1 Å². The molecule has 1 amide bonds. The predicted molar refractivity (Wildman–Crippen MR) is 106 cm³/mol. The molecule has 0 spiro atoms. The molecule has 1 atom stereocenters. The van der Waals surface area contributed by atoms with E-state index in [-0.39, 0.29) is 5.69 Å². The summed E-state index contributed by atoms with van der Waals surface area (Å²) in [6, 6.07) is 11.6. The SMILES string of the molecule is CC(C(=O)NCCCc1ccc(Cl)cc1)N(c1cccc(F)c1)S(C)(=O)=O. The third kappa shape index (κ3) is 6.22. The zero-order valence-electron chi connectivity index (χ0n) is 15.2. The van der Waals surface area contributed by atoms with Gasteiger partial charge in [0.25, 0.3) is 0 Å². The summed E-state index contributed by atoms with van der Waals surface area (Å²) in [6.45, 7) is 1.87. The number of anilines is 1. The second-order valence-electron chi connectivity index (χ2n) is 6.24. The van der Waals surface area contributed by atoms with Gasteiger partial charge in [-0.15, -0.1) is 0 Å². The Morgan fingerprint density at radius 2 is 1.89 bits per heavy atom. The number of nitrogens with zero attached hydrogens (tertiary/aromatic N) is 1. The van der Waals surface area contributed by atoms with Crippen LogP contribution in [0.2, 0.25) is 5.02 Å². The Balaban J connectivity index is 1.97.